The van der Waals surface area contributed by atoms with E-state index in [1.807, 2.05) is 24.3 Å². The van der Waals surface area contributed by atoms with Gasteiger partial charge in [0, 0.05) is 22.2 Å². The quantitative estimate of drug-likeness (QED) is 0.537. The van der Waals surface area contributed by atoms with Crippen molar-refractivity contribution < 1.29 is 4.92 Å². The number of non-ortho nitro benzene ring substituents is 1. The predicted molar refractivity (Wildman–Crippen MR) is 81.1 cm³/mol. The van der Waals surface area contributed by atoms with E-state index in [2.05, 4.69) is 26.2 Å². The first-order valence-electron chi connectivity index (χ1n) is 6.06. The Balaban J connectivity index is 2.02. The SMILES string of the molecule is O=[N+]([O-])c1ccc(-c2cnnn2-c2ccc(Br)cc2)cc1. The van der Waals surface area contributed by atoms with Crippen LogP contribution in [0.2, 0.25) is 0 Å². The second-order valence-electron chi connectivity index (χ2n) is 4.31. The summed E-state index contributed by atoms with van der Waals surface area (Å²) in [5.74, 6) is 0. The summed E-state index contributed by atoms with van der Waals surface area (Å²) in [5, 5.41) is 18.7. The third kappa shape index (κ3) is 2.68. The number of nitro groups is 1. The van der Waals surface area contributed by atoms with E-state index in [0.29, 0.717) is 0 Å². The maximum absolute atomic E-state index is 10.7. The number of benzene rings is 2. The Labute approximate surface area is 128 Å². The van der Waals surface area contributed by atoms with Gasteiger partial charge in [-0.1, -0.05) is 21.1 Å². The van der Waals surface area contributed by atoms with Crippen LogP contribution in [0.25, 0.3) is 16.9 Å². The third-order valence-electron chi connectivity index (χ3n) is 2.99. The second kappa shape index (κ2) is 5.45. The van der Waals surface area contributed by atoms with Crippen LogP contribution in [0.15, 0.2) is 59.2 Å². The van der Waals surface area contributed by atoms with Gasteiger partial charge in [0.2, 0.25) is 0 Å². The molecule has 21 heavy (non-hydrogen) atoms. The second-order valence-corrected chi connectivity index (χ2v) is 5.23. The van der Waals surface area contributed by atoms with E-state index < -0.39 is 4.92 Å². The van der Waals surface area contributed by atoms with Crippen LogP contribution < -0.4 is 0 Å². The molecule has 0 amide bonds. The van der Waals surface area contributed by atoms with Gasteiger partial charge in [-0.15, -0.1) is 5.10 Å². The maximum atomic E-state index is 10.7. The van der Waals surface area contributed by atoms with Crippen LogP contribution in [-0.2, 0) is 0 Å². The van der Waals surface area contributed by atoms with Gasteiger partial charge < -0.3 is 0 Å². The summed E-state index contributed by atoms with van der Waals surface area (Å²) in [6, 6.07) is 14.0. The number of rotatable bonds is 3. The molecule has 0 bridgehead atoms. The highest BCUT2D eigenvalue weighted by atomic mass is 79.9. The zero-order valence-corrected chi connectivity index (χ0v) is 12.3. The molecule has 104 valence electrons. The van der Waals surface area contributed by atoms with Gasteiger partial charge in [-0.05, 0) is 36.4 Å². The van der Waals surface area contributed by atoms with Gasteiger partial charge in [0.15, 0.2) is 0 Å². The van der Waals surface area contributed by atoms with Crippen LogP contribution in [0.1, 0.15) is 0 Å². The Kier molecular flexibility index (Phi) is 3.49. The molecule has 0 saturated carbocycles. The van der Waals surface area contributed by atoms with Crippen molar-refractivity contribution in [2.45, 2.75) is 0 Å². The van der Waals surface area contributed by atoms with Crippen LogP contribution in [0, 0.1) is 10.1 Å². The molecule has 0 atom stereocenters. The minimum atomic E-state index is -0.423. The van der Waals surface area contributed by atoms with E-state index in [1.165, 1.54) is 12.1 Å². The first-order chi connectivity index (χ1) is 10.1. The Morgan fingerprint density at radius 3 is 2.33 bits per heavy atom. The molecule has 0 radical (unpaired) electrons. The van der Waals surface area contributed by atoms with Crippen LogP contribution in [0.3, 0.4) is 0 Å². The average Bonchev–Trinajstić information content (AvgIpc) is 2.97. The lowest BCUT2D eigenvalue weighted by atomic mass is 10.1. The maximum Gasteiger partial charge on any atom is 0.269 e. The molecule has 0 N–H and O–H groups in total. The highest BCUT2D eigenvalue weighted by Gasteiger charge is 2.11. The molecule has 0 fully saturated rings. The normalized spacial score (nSPS) is 10.5. The minimum Gasteiger partial charge on any atom is -0.258 e. The largest absolute Gasteiger partial charge is 0.269 e. The molecule has 0 unspecified atom stereocenters. The lowest BCUT2D eigenvalue weighted by Crippen LogP contribution is -1.99. The average molecular weight is 345 g/mol. The van der Waals surface area contributed by atoms with Crippen molar-refractivity contribution in [1.29, 1.82) is 0 Å². The lowest BCUT2D eigenvalue weighted by molar-refractivity contribution is -0.384. The van der Waals surface area contributed by atoms with Crippen molar-refractivity contribution in [3.05, 3.63) is 69.3 Å². The van der Waals surface area contributed by atoms with Crippen LogP contribution in [-0.4, -0.2) is 19.9 Å². The zero-order chi connectivity index (χ0) is 14.8. The predicted octanol–water partition coefficient (Wildman–Crippen LogP) is 3.61. The molecule has 0 aliphatic carbocycles. The molecular weight excluding hydrogens is 336 g/mol. The Morgan fingerprint density at radius 1 is 1.05 bits per heavy atom. The fourth-order valence-corrected chi connectivity index (χ4v) is 2.22. The molecule has 0 spiro atoms. The summed E-state index contributed by atoms with van der Waals surface area (Å²) in [7, 11) is 0. The van der Waals surface area contributed by atoms with Crippen LogP contribution >= 0.6 is 15.9 Å². The van der Waals surface area contributed by atoms with Crippen molar-refractivity contribution in [2.24, 2.45) is 0 Å². The zero-order valence-electron chi connectivity index (χ0n) is 10.7. The molecule has 1 heterocycles. The van der Waals surface area contributed by atoms with Crippen LogP contribution in [0.4, 0.5) is 5.69 Å². The molecule has 3 aromatic rings. The molecule has 6 nitrogen and oxygen atoms in total. The molecule has 1 aromatic heterocycles. The Bertz CT molecular complexity index is 781. The van der Waals surface area contributed by atoms with E-state index >= 15 is 0 Å². The smallest absolute Gasteiger partial charge is 0.258 e. The first kappa shape index (κ1) is 13.4. The summed E-state index contributed by atoms with van der Waals surface area (Å²) >= 11 is 3.38. The fourth-order valence-electron chi connectivity index (χ4n) is 1.96. The van der Waals surface area contributed by atoms with E-state index in [4.69, 9.17) is 0 Å². The monoisotopic (exact) mass is 344 g/mol. The molecule has 0 aliphatic heterocycles. The molecule has 0 aliphatic rings. The molecule has 0 saturated heterocycles. The van der Waals surface area contributed by atoms with Crippen molar-refractivity contribution in [3.63, 3.8) is 0 Å². The van der Waals surface area contributed by atoms with Gasteiger partial charge in [-0.3, -0.25) is 10.1 Å². The van der Waals surface area contributed by atoms with Gasteiger partial charge in [0.25, 0.3) is 5.69 Å². The molecule has 7 heteroatoms. The van der Waals surface area contributed by atoms with Gasteiger partial charge in [0.1, 0.15) is 0 Å². The number of hydrogen-bond donors (Lipinski definition) is 0. The van der Waals surface area contributed by atoms with Gasteiger partial charge >= 0.3 is 0 Å². The Hall–Kier alpha value is -2.54. The summed E-state index contributed by atoms with van der Waals surface area (Å²) in [6.45, 7) is 0. The van der Waals surface area contributed by atoms with Crippen molar-refractivity contribution in [2.75, 3.05) is 0 Å². The number of nitro benzene ring substituents is 1. The minimum absolute atomic E-state index is 0.0569. The topological polar surface area (TPSA) is 73.8 Å². The molecular formula is C14H9BrN4O2. The summed E-state index contributed by atoms with van der Waals surface area (Å²) in [4.78, 5) is 10.3. The van der Waals surface area contributed by atoms with E-state index in [0.717, 1.165) is 21.4 Å². The van der Waals surface area contributed by atoms with Gasteiger partial charge in [-0.25, -0.2) is 4.68 Å². The summed E-state index contributed by atoms with van der Waals surface area (Å²) < 4.78 is 2.66. The van der Waals surface area contributed by atoms with E-state index in [9.17, 15) is 10.1 Å². The van der Waals surface area contributed by atoms with E-state index in [-0.39, 0.29) is 5.69 Å². The first-order valence-corrected chi connectivity index (χ1v) is 6.86. The lowest BCUT2D eigenvalue weighted by Gasteiger charge is -2.06. The third-order valence-corrected chi connectivity index (χ3v) is 3.52. The summed E-state index contributed by atoms with van der Waals surface area (Å²) in [6.07, 6.45) is 1.63. The van der Waals surface area contributed by atoms with Crippen molar-refractivity contribution in [3.8, 4) is 16.9 Å². The number of halogens is 1. The number of aromatic nitrogens is 3. The van der Waals surface area contributed by atoms with Crippen LogP contribution in [0.5, 0.6) is 0 Å². The molecule has 3 rings (SSSR count). The molecule has 2 aromatic carbocycles. The van der Waals surface area contributed by atoms with E-state index in [1.54, 1.807) is 23.0 Å². The number of hydrogen-bond acceptors (Lipinski definition) is 4. The highest BCUT2D eigenvalue weighted by Crippen LogP contribution is 2.24. The fraction of sp³-hybridized carbons (Fsp3) is 0. The summed E-state index contributed by atoms with van der Waals surface area (Å²) in [5.41, 5.74) is 2.51. The van der Waals surface area contributed by atoms with Gasteiger partial charge in [-0.2, -0.15) is 0 Å². The standard InChI is InChI=1S/C14H9BrN4O2/c15-11-3-7-12(8-4-11)18-14(9-16-17-18)10-1-5-13(6-2-10)19(20)21/h1-9H. The van der Waals surface area contributed by atoms with Crippen molar-refractivity contribution >= 4 is 21.6 Å². The Morgan fingerprint density at radius 2 is 1.71 bits per heavy atom. The van der Waals surface area contributed by atoms with Gasteiger partial charge in [0.05, 0.1) is 22.5 Å². The highest BCUT2D eigenvalue weighted by molar-refractivity contribution is 9.10. The number of nitrogens with zero attached hydrogens (tertiary/aromatic N) is 4. The van der Waals surface area contributed by atoms with Crippen molar-refractivity contribution in [1.82, 2.24) is 15.0 Å².